The van der Waals surface area contributed by atoms with Crippen molar-refractivity contribution in [1.29, 1.82) is 0 Å². The van der Waals surface area contributed by atoms with E-state index in [0.717, 1.165) is 22.8 Å². The van der Waals surface area contributed by atoms with E-state index in [0.29, 0.717) is 6.54 Å². The highest BCUT2D eigenvalue weighted by atomic mass is 16.3. The molecule has 2 heterocycles. The Balaban J connectivity index is 1.52. The number of rotatable bonds is 8. The molecule has 0 bridgehead atoms. The summed E-state index contributed by atoms with van der Waals surface area (Å²) in [4.78, 5) is 11.6. The second kappa shape index (κ2) is 8.16. The molecule has 0 radical (unpaired) electrons. The maximum absolute atomic E-state index is 11.6. The van der Waals surface area contributed by atoms with Crippen molar-refractivity contribution in [2.24, 2.45) is 0 Å². The van der Waals surface area contributed by atoms with Crippen molar-refractivity contribution < 1.29 is 14.3 Å². The van der Waals surface area contributed by atoms with Gasteiger partial charge < -0.3 is 20.2 Å². The number of nitrogens with one attached hydrogen (secondary N) is 2. The number of hydrogen-bond acceptors (Lipinski definition) is 5. The third-order valence-corrected chi connectivity index (χ3v) is 3.56. The van der Waals surface area contributed by atoms with Crippen molar-refractivity contribution in [3.8, 4) is 11.3 Å². The molecule has 130 valence electrons. The van der Waals surface area contributed by atoms with Gasteiger partial charge in [-0.15, -0.1) is 0 Å². The Morgan fingerprint density at radius 3 is 2.84 bits per heavy atom. The smallest absolute Gasteiger partial charge is 0.241 e. The Morgan fingerprint density at radius 2 is 2.04 bits per heavy atom. The number of anilines is 1. The van der Waals surface area contributed by atoms with Gasteiger partial charge in [0.2, 0.25) is 5.91 Å². The van der Waals surface area contributed by atoms with Crippen LogP contribution in [0, 0.1) is 0 Å². The second-order valence-electron chi connectivity index (χ2n) is 5.49. The van der Waals surface area contributed by atoms with Gasteiger partial charge in [-0.05, 0) is 12.1 Å². The molecule has 3 N–H and O–H groups in total. The highest BCUT2D eigenvalue weighted by molar-refractivity contribution is 5.75. The fraction of sp³-hybridized carbons (Fsp3) is 0.222. The SMILES string of the molecule is O=C(Cn1cc(NCc2ccc(-c3ccccc3)o2)cn1)NCCO. The highest BCUT2D eigenvalue weighted by Crippen LogP contribution is 2.22. The first kappa shape index (κ1) is 16.8. The quantitative estimate of drug-likeness (QED) is 0.582. The van der Waals surface area contributed by atoms with Crippen LogP contribution in [0.25, 0.3) is 11.3 Å². The zero-order valence-corrected chi connectivity index (χ0v) is 13.7. The van der Waals surface area contributed by atoms with Crippen LogP contribution in [0.15, 0.2) is 59.3 Å². The molecule has 0 unspecified atom stereocenters. The summed E-state index contributed by atoms with van der Waals surface area (Å²) in [6.45, 7) is 0.801. The molecule has 0 saturated heterocycles. The summed E-state index contributed by atoms with van der Waals surface area (Å²) in [6, 6.07) is 13.8. The van der Waals surface area contributed by atoms with Gasteiger partial charge in [0.05, 0.1) is 25.0 Å². The summed E-state index contributed by atoms with van der Waals surface area (Å²) >= 11 is 0. The van der Waals surface area contributed by atoms with Gasteiger partial charge in [0.15, 0.2) is 0 Å². The zero-order valence-electron chi connectivity index (χ0n) is 13.7. The molecule has 7 heteroatoms. The molecule has 25 heavy (non-hydrogen) atoms. The van der Waals surface area contributed by atoms with Crippen molar-refractivity contribution >= 4 is 11.6 Å². The van der Waals surface area contributed by atoms with Crippen molar-refractivity contribution in [3.05, 3.63) is 60.6 Å². The zero-order chi connectivity index (χ0) is 17.5. The van der Waals surface area contributed by atoms with E-state index >= 15 is 0 Å². The molecule has 0 aliphatic heterocycles. The molecule has 0 aliphatic carbocycles. The molecule has 2 aromatic heterocycles. The van der Waals surface area contributed by atoms with Crippen molar-refractivity contribution in [1.82, 2.24) is 15.1 Å². The van der Waals surface area contributed by atoms with E-state index in [2.05, 4.69) is 15.7 Å². The summed E-state index contributed by atoms with van der Waals surface area (Å²) in [6.07, 6.45) is 3.40. The minimum atomic E-state index is -0.192. The molecule has 1 amide bonds. The van der Waals surface area contributed by atoms with Crippen LogP contribution in [0.4, 0.5) is 5.69 Å². The predicted octanol–water partition coefficient (Wildman–Crippen LogP) is 1.86. The minimum Gasteiger partial charge on any atom is -0.459 e. The monoisotopic (exact) mass is 340 g/mol. The van der Waals surface area contributed by atoms with E-state index in [1.54, 1.807) is 12.4 Å². The molecule has 0 fully saturated rings. The number of nitrogens with zero attached hydrogens (tertiary/aromatic N) is 2. The fourth-order valence-electron chi connectivity index (χ4n) is 2.36. The van der Waals surface area contributed by atoms with Crippen molar-refractivity contribution in [2.45, 2.75) is 13.1 Å². The number of carbonyl (C=O) groups is 1. The largest absolute Gasteiger partial charge is 0.459 e. The lowest BCUT2D eigenvalue weighted by atomic mass is 10.2. The summed E-state index contributed by atoms with van der Waals surface area (Å²) in [7, 11) is 0. The maximum atomic E-state index is 11.6. The van der Waals surface area contributed by atoms with Crippen LogP contribution in [0.1, 0.15) is 5.76 Å². The van der Waals surface area contributed by atoms with Crippen LogP contribution in [0.3, 0.4) is 0 Å². The topological polar surface area (TPSA) is 92.3 Å². The molecular weight excluding hydrogens is 320 g/mol. The number of hydrogen-bond donors (Lipinski definition) is 3. The van der Waals surface area contributed by atoms with Gasteiger partial charge in [-0.2, -0.15) is 5.10 Å². The Kier molecular flexibility index (Phi) is 5.48. The number of carbonyl (C=O) groups excluding carboxylic acids is 1. The van der Waals surface area contributed by atoms with E-state index in [1.165, 1.54) is 4.68 Å². The van der Waals surface area contributed by atoms with E-state index in [4.69, 9.17) is 9.52 Å². The van der Waals surface area contributed by atoms with Crippen LogP contribution in [0.5, 0.6) is 0 Å². The van der Waals surface area contributed by atoms with Crippen LogP contribution < -0.4 is 10.6 Å². The molecule has 7 nitrogen and oxygen atoms in total. The Hall–Kier alpha value is -3.06. The standard InChI is InChI=1S/C18H20N4O3/c23-9-8-19-18(24)13-22-12-15(10-21-22)20-11-16-6-7-17(25-16)14-4-2-1-3-5-14/h1-7,10,12,20,23H,8-9,11,13H2,(H,19,24). The number of aromatic nitrogens is 2. The Labute approximate surface area is 145 Å². The molecule has 1 aromatic carbocycles. The van der Waals surface area contributed by atoms with E-state index in [9.17, 15) is 4.79 Å². The Bertz CT molecular complexity index is 811. The van der Waals surface area contributed by atoms with Crippen LogP contribution in [-0.2, 0) is 17.9 Å². The molecule has 0 atom stereocenters. The average Bonchev–Trinajstić information content (AvgIpc) is 3.28. The first-order chi connectivity index (χ1) is 12.2. The molecule has 0 saturated carbocycles. The summed E-state index contributed by atoms with van der Waals surface area (Å²) in [5.41, 5.74) is 1.84. The normalized spacial score (nSPS) is 10.6. The lowest BCUT2D eigenvalue weighted by Gasteiger charge is -2.03. The third-order valence-electron chi connectivity index (χ3n) is 3.56. The van der Waals surface area contributed by atoms with Gasteiger partial charge in [0, 0.05) is 18.3 Å². The number of amides is 1. The summed E-state index contributed by atoms with van der Waals surface area (Å²) in [5, 5.41) is 18.6. The second-order valence-corrected chi connectivity index (χ2v) is 5.49. The number of benzene rings is 1. The van der Waals surface area contributed by atoms with Gasteiger partial charge in [0.1, 0.15) is 18.1 Å². The van der Waals surface area contributed by atoms with Crippen LogP contribution in [-0.4, -0.2) is 33.9 Å². The van der Waals surface area contributed by atoms with Gasteiger partial charge in [-0.1, -0.05) is 30.3 Å². The van der Waals surface area contributed by atoms with E-state index < -0.39 is 0 Å². The fourth-order valence-corrected chi connectivity index (χ4v) is 2.36. The van der Waals surface area contributed by atoms with Crippen molar-refractivity contribution in [2.75, 3.05) is 18.5 Å². The minimum absolute atomic E-state index is 0.0776. The van der Waals surface area contributed by atoms with Gasteiger partial charge >= 0.3 is 0 Å². The first-order valence-electron chi connectivity index (χ1n) is 8.02. The molecule has 3 rings (SSSR count). The molecular formula is C18H20N4O3. The Morgan fingerprint density at radius 1 is 1.20 bits per heavy atom. The number of furan rings is 1. The number of aliphatic hydroxyl groups is 1. The van der Waals surface area contributed by atoms with Gasteiger partial charge in [-0.3, -0.25) is 9.48 Å². The summed E-state index contributed by atoms with van der Waals surface area (Å²) < 4.78 is 7.36. The third kappa shape index (κ3) is 4.71. The van der Waals surface area contributed by atoms with Crippen molar-refractivity contribution in [3.63, 3.8) is 0 Å². The van der Waals surface area contributed by atoms with Crippen LogP contribution >= 0.6 is 0 Å². The van der Waals surface area contributed by atoms with E-state index in [1.807, 2.05) is 42.5 Å². The molecule has 0 spiro atoms. The molecule has 0 aliphatic rings. The predicted molar refractivity (Wildman–Crippen MR) is 93.8 cm³/mol. The average molecular weight is 340 g/mol. The van der Waals surface area contributed by atoms with Gasteiger partial charge in [0.25, 0.3) is 0 Å². The lowest BCUT2D eigenvalue weighted by molar-refractivity contribution is -0.122. The first-order valence-corrected chi connectivity index (χ1v) is 8.02. The summed E-state index contributed by atoms with van der Waals surface area (Å²) in [5.74, 6) is 1.45. The van der Waals surface area contributed by atoms with Crippen LogP contribution in [0.2, 0.25) is 0 Å². The van der Waals surface area contributed by atoms with E-state index in [-0.39, 0.29) is 25.6 Å². The lowest BCUT2D eigenvalue weighted by Crippen LogP contribution is -2.30. The highest BCUT2D eigenvalue weighted by Gasteiger charge is 2.06. The molecule has 3 aromatic rings. The van der Waals surface area contributed by atoms with Gasteiger partial charge in [-0.25, -0.2) is 0 Å². The maximum Gasteiger partial charge on any atom is 0.241 e. The number of aliphatic hydroxyl groups excluding tert-OH is 1.